The maximum atomic E-state index is 13.9. The van der Waals surface area contributed by atoms with Crippen LogP contribution in [0.2, 0.25) is 0 Å². The summed E-state index contributed by atoms with van der Waals surface area (Å²) in [5.41, 5.74) is 0.729. The lowest BCUT2D eigenvalue weighted by molar-refractivity contribution is -0.117. The third-order valence-electron chi connectivity index (χ3n) is 3.55. The molecule has 25 heavy (non-hydrogen) atoms. The number of amides is 2. The molecule has 0 fully saturated rings. The average molecular weight is 344 g/mol. The van der Waals surface area contributed by atoms with Crippen molar-refractivity contribution in [2.24, 2.45) is 0 Å². The Labute approximate surface area is 146 Å². The highest BCUT2D eigenvalue weighted by Gasteiger charge is 2.17. The predicted molar refractivity (Wildman–Crippen MR) is 95.3 cm³/mol. The Morgan fingerprint density at radius 3 is 2.48 bits per heavy atom. The van der Waals surface area contributed by atoms with Gasteiger partial charge in [-0.2, -0.15) is 0 Å². The van der Waals surface area contributed by atoms with Crippen LogP contribution in [0.4, 0.5) is 15.8 Å². The molecule has 2 aromatic carbocycles. The number of halogens is 1. The van der Waals surface area contributed by atoms with Gasteiger partial charge in [0.05, 0.1) is 18.0 Å². The summed E-state index contributed by atoms with van der Waals surface area (Å²) < 4.78 is 19.4. The number of nitrogens with zero attached hydrogens (tertiary/aromatic N) is 1. The Kier molecular flexibility index (Phi) is 6.51. The largest absolute Gasteiger partial charge is 0.492 e. The van der Waals surface area contributed by atoms with Crippen molar-refractivity contribution in [3.05, 3.63) is 54.3 Å². The smallest absolute Gasteiger partial charge is 0.226 e. The van der Waals surface area contributed by atoms with Crippen LogP contribution >= 0.6 is 0 Å². The second kappa shape index (κ2) is 8.82. The van der Waals surface area contributed by atoms with Crippen LogP contribution in [0.3, 0.4) is 0 Å². The summed E-state index contributed by atoms with van der Waals surface area (Å²) in [5.74, 6) is -0.530. The molecule has 0 saturated carbocycles. The molecule has 1 N–H and O–H groups in total. The summed E-state index contributed by atoms with van der Waals surface area (Å²) in [6, 6.07) is 13.1. The van der Waals surface area contributed by atoms with Gasteiger partial charge in [-0.05, 0) is 31.2 Å². The fraction of sp³-hybridized carbons (Fsp3) is 0.263. The number of rotatable bonds is 7. The fourth-order valence-corrected chi connectivity index (χ4v) is 2.40. The van der Waals surface area contributed by atoms with Gasteiger partial charge in [-0.25, -0.2) is 4.39 Å². The molecule has 0 aromatic heterocycles. The van der Waals surface area contributed by atoms with E-state index in [4.69, 9.17) is 4.74 Å². The van der Waals surface area contributed by atoms with Crippen LogP contribution in [0.15, 0.2) is 48.5 Å². The molecule has 0 aliphatic rings. The molecule has 2 rings (SSSR count). The molecule has 0 atom stereocenters. The van der Waals surface area contributed by atoms with Crippen LogP contribution in [-0.4, -0.2) is 25.0 Å². The van der Waals surface area contributed by atoms with E-state index in [1.165, 1.54) is 24.0 Å². The van der Waals surface area contributed by atoms with E-state index in [2.05, 4.69) is 5.32 Å². The topological polar surface area (TPSA) is 58.6 Å². The zero-order chi connectivity index (χ0) is 18.2. The van der Waals surface area contributed by atoms with Crippen LogP contribution in [0.5, 0.6) is 5.75 Å². The number of anilines is 2. The highest BCUT2D eigenvalue weighted by Crippen LogP contribution is 2.24. The summed E-state index contributed by atoms with van der Waals surface area (Å²) in [6.45, 7) is 3.77. The number of ether oxygens (including phenoxy) is 1. The molecular formula is C19H21FN2O3. The van der Waals surface area contributed by atoms with E-state index in [9.17, 15) is 14.0 Å². The van der Waals surface area contributed by atoms with Crippen molar-refractivity contribution >= 4 is 23.2 Å². The number of carbonyl (C=O) groups is 2. The normalized spacial score (nSPS) is 10.2. The molecule has 0 heterocycles. The molecule has 0 unspecified atom stereocenters. The molecule has 0 aliphatic carbocycles. The van der Waals surface area contributed by atoms with Crippen LogP contribution < -0.4 is 15.0 Å². The molecule has 0 spiro atoms. The minimum atomic E-state index is -0.500. The molecule has 5 nitrogen and oxygen atoms in total. The van der Waals surface area contributed by atoms with E-state index < -0.39 is 5.82 Å². The van der Waals surface area contributed by atoms with Gasteiger partial charge in [0.2, 0.25) is 11.8 Å². The Hall–Kier alpha value is -2.89. The van der Waals surface area contributed by atoms with E-state index >= 15 is 0 Å². The van der Waals surface area contributed by atoms with Crippen molar-refractivity contribution in [1.29, 1.82) is 0 Å². The van der Waals surface area contributed by atoms with Gasteiger partial charge < -0.3 is 15.0 Å². The number of carbonyl (C=O) groups excluding carboxylic acids is 2. The quantitative estimate of drug-likeness (QED) is 0.835. The Bertz CT molecular complexity index is 749. The number of hydrogen-bond donors (Lipinski definition) is 1. The van der Waals surface area contributed by atoms with Crippen molar-refractivity contribution in [3.63, 3.8) is 0 Å². The molecular weight excluding hydrogens is 323 g/mol. The maximum absolute atomic E-state index is 13.9. The van der Waals surface area contributed by atoms with Gasteiger partial charge in [0.25, 0.3) is 0 Å². The summed E-state index contributed by atoms with van der Waals surface area (Å²) >= 11 is 0. The molecule has 2 amide bonds. The average Bonchev–Trinajstić information content (AvgIpc) is 2.58. The Morgan fingerprint density at radius 2 is 1.80 bits per heavy atom. The lowest BCUT2D eigenvalue weighted by atomic mass is 10.2. The van der Waals surface area contributed by atoms with Gasteiger partial charge in [-0.1, -0.05) is 24.3 Å². The first-order valence-electron chi connectivity index (χ1n) is 8.07. The summed E-state index contributed by atoms with van der Waals surface area (Å²) in [7, 11) is 0. The lowest BCUT2D eigenvalue weighted by Crippen LogP contribution is -2.32. The van der Waals surface area contributed by atoms with Crippen LogP contribution in [0.25, 0.3) is 0 Å². The maximum Gasteiger partial charge on any atom is 0.226 e. The molecule has 0 saturated heterocycles. The highest BCUT2D eigenvalue weighted by atomic mass is 19.1. The molecule has 2 aromatic rings. The first kappa shape index (κ1) is 18.4. The number of hydrogen-bond acceptors (Lipinski definition) is 3. The summed E-state index contributed by atoms with van der Waals surface area (Å²) in [6.07, 6.45) is 0.0361. The minimum absolute atomic E-state index is 0.0361. The zero-order valence-corrected chi connectivity index (χ0v) is 14.3. The van der Waals surface area contributed by atoms with Gasteiger partial charge in [0.1, 0.15) is 11.6 Å². The van der Waals surface area contributed by atoms with E-state index in [1.807, 2.05) is 13.0 Å². The molecule has 0 bridgehead atoms. The van der Waals surface area contributed by atoms with Crippen molar-refractivity contribution in [2.45, 2.75) is 20.3 Å². The first-order valence-corrected chi connectivity index (χ1v) is 8.07. The monoisotopic (exact) mass is 344 g/mol. The molecule has 6 heteroatoms. The number of nitrogens with one attached hydrogen (secondary N) is 1. The summed E-state index contributed by atoms with van der Waals surface area (Å²) in [5, 5.41) is 2.76. The van der Waals surface area contributed by atoms with Crippen LogP contribution in [-0.2, 0) is 9.59 Å². The predicted octanol–water partition coefficient (Wildman–Crippen LogP) is 3.61. The van der Waals surface area contributed by atoms with Gasteiger partial charge >= 0.3 is 0 Å². The van der Waals surface area contributed by atoms with Crippen molar-refractivity contribution in [2.75, 3.05) is 23.4 Å². The standard InChI is InChI=1S/C19H21FN2O3/c1-3-25-18-11-7-5-9-16(18)21-19(24)12-13-22(14(2)23)17-10-6-4-8-15(17)20/h4-11H,3,12-13H2,1-2H3,(H,21,24). The first-order chi connectivity index (χ1) is 12.0. The van der Waals surface area contributed by atoms with E-state index in [0.717, 1.165) is 0 Å². The minimum Gasteiger partial charge on any atom is -0.492 e. The molecule has 132 valence electrons. The summed E-state index contributed by atoms with van der Waals surface area (Å²) in [4.78, 5) is 25.3. The second-order valence-electron chi connectivity index (χ2n) is 5.35. The Morgan fingerprint density at radius 1 is 1.12 bits per heavy atom. The van der Waals surface area contributed by atoms with Gasteiger partial charge in [-0.15, -0.1) is 0 Å². The third-order valence-corrected chi connectivity index (χ3v) is 3.55. The fourth-order valence-electron chi connectivity index (χ4n) is 2.40. The van der Waals surface area contributed by atoms with E-state index in [1.54, 1.807) is 30.3 Å². The van der Waals surface area contributed by atoms with Crippen molar-refractivity contribution < 1.29 is 18.7 Å². The van der Waals surface area contributed by atoms with Crippen molar-refractivity contribution in [1.82, 2.24) is 0 Å². The van der Waals surface area contributed by atoms with Crippen LogP contribution in [0, 0.1) is 5.82 Å². The third kappa shape index (κ3) is 5.04. The molecule has 0 radical (unpaired) electrons. The molecule has 0 aliphatic heterocycles. The number of benzene rings is 2. The Balaban J connectivity index is 2.03. The van der Waals surface area contributed by atoms with Gasteiger partial charge in [0.15, 0.2) is 0 Å². The SMILES string of the molecule is CCOc1ccccc1NC(=O)CCN(C(C)=O)c1ccccc1F. The number of para-hydroxylation sites is 3. The van der Waals surface area contributed by atoms with E-state index in [0.29, 0.717) is 18.0 Å². The van der Waals surface area contributed by atoms with Crippen LogP contribution in [0.1, 0.15) is 20.3 Å². The lowest BCUT2D eigenvalue weighted by Gasteiger charge is -2.21. The zero-order valence-electron chi connectivity index (χ0n) is 14.3. The van der Waals surface area contributed by atoms with Gasteiger partial charge in [0, 0.05) is 19.9 Å². The highest BCUT2D eigenvalue weighted by molar-refractivity contribution is 5.95. The van der Waals surface area contributed by atoms with Gasteiger partial charge in [-0.3, -0.25) is 9.59 Å². The van der Waals surface area contributed by atoms with Crippen molar-refractivity contribution in [3.8, 4) is 5.75 Å². The second-order valence-corrected chi connectivity index (χ2v) is 5.35. The van der Waals surface area contributed by atoms with E-state index in [-0.39, 0.29) is 30.5 Å².